The maximum absolute atomic E-state index is 10.3. The molecule has 0 saturated heterocycles. The molecular weight excluding hydrogens is 284 g/mol. The van der Waals surface area contributed by atoms with Gasteiger partial charge < -0.3 is 5.11 Å². The lowest BCUT2D eigenvalue weighted by Gasteiger charge is -2.21. The quantitative estimate of drug-likeness (QED) is 0.768. The van der Waals surface area contributed by atoms with Gasteiger partial charge in [-0.3, -0.25) is 0 Å². The molecular formula is C17H18OS2. The normalized spacial score (nSPS) is 12.4. The summed E-state index contributed by atoms with van der Waals surface area (Å²) in [6, 6.07) is 20.3. The highest BCUT2D eigenvalue weighted by atomic mass is 32.2. The van der Waals surface area contributed by atoms with Crippen molar-refractivity contribution in [1.29, 1.82) is 0 Å². The molecule has 0 amide bonds. The van der Waals surface area contributed by atoms with Crippen LogP contribution in [0.25, 0.3) is 0 Å². The summed E-state index contributed by atoms with van der Waals surface area (Å²) in [6.07, 6.45) is 0. The third-order valence-electron chi connectivity index (χ3n) is 2.62. The van der Waals surface area contributed by atoms with Gasteiger partial charge in [0.05, 0.1) is 5.60 Å². The molecule has 0 unspecified atom stereocenters. The summed E-state index contributed by atoms with van der Waals surface area (Å²) in [6.45, 7) is 3.64. The molecule has 2 aromatic carbocycles. The van der Waals surface area contributed by atoms with Crippen LogP contribution in [0.15, 0.2) is 80.8 Å². The first-order valence-corrected chi connectivity index (χ1v) is 8.13. The van der Waals surface area contributed by atoms with Gasteiger partial charge in [0, 0.05) is 14.7 Å². The number of hydrogen-bond acceptors (Lipinski definition) is 3. The van der Waals surface area contributed by atoms with E-state index in [9.17, 15) is 5.11 Å². The monoisotopic (exact) mass is 302 g/mol. The molecule has 0 aliphatic carbocycles. The zero-order valence-corrected chi connectivity index (χ0v) is 13.2. The Bertz CT molecular complexity index is 557. The number of rotatable bonds is 5. The van der Waals surface area contributed by atoms with Crippen LogP contribution < -0.4 is 0 Å². The van der Waals surface area contributed by atoms with E-state index in [0.29, 0.717) is 0 Å². The van der Waals surface area contributed by atoms with E-state index in [1.165, 1.54) is 4.90 Å². The van der Waals surface area contributed by atoms with Crippen LogP contribution in [0, 0.1) is 0 Å². The van der Waals surface area contributed by atoms with Crippen molar-refractivity contribution in [3.8, 4) is 0 Å². The fourth-order valence-corrected chi connectivity index (χ4v) is 3.51. The number of aliphatic hydroxyl groups is 1. The Morgan fingerprint density at radius 1 is 0.900 bits per heavy atom. The van der Waals surface area contributed by atoms with E-state index in [1.807, 2.05) is 55.7 Å². The van der Waals surface area contributed by atoms with Gasteiger partial charge in [-0.05, 0) is 43.5 Å². The molecule has 0 bridgehead atoms. The van der Waals surface area contributed by atoms with Gasteiger partial charge in [-0.1, -0.05) is 59.9 Å². The fraction of sp³-hybridized carbons (Fsp3) is 0.176. The molecule has 20 heavy (non-hydrogen) atoms. The Balaban J connectivity index is 2.16. The summed E-state index contributed by atoms with van der Waals surface area (Å²) in [5.74, 6) is 0. The van der Waals surface area contributed by atoms with Gasteiger partial charge in [-0.15, -0.1) is 0 Å². The largest absolute Gasteiger partial charge is 0.385 e. The van der Waals surface area contributed by atoms with Gasteiger partial charge in [0.2, 0.25) is 0 Å². The standard InChI is InChI=1S/C17H18OS2/c1-17(2,18)16(20-15-11-7-4-8-12-15)13-19-14-9-5-3-6-10-14/h3-13,18H,1-2H3. The molecule has 0 aromatic heterocycles. The minimum Gasteiger partial charge on any atom is -0.385 e. The average Bonchev–Trinajstić information content (AvgIpc) is 2.44. The van der Waals surface area contributed by atoms with Gasteiger partial charge >= 0.3 is 0 Å². The zero-order chi connectivity index (χ0) is 14.4. The van der Waals surface area contributed by atoms with Crippen LogP contribution >= 0.6 is 23.5 Å². The van der Waals surface area contributed by atoms with Gasteiger partial charge in [0.15, 0.2) is 0 Å². The number of hydrogen-bond donors (Lipinski definition) is 1. The van der Waals surface area contributed by atoms with Crippen LogP contribution in [0.2, 0.25) is 0 Å². The van der Waals surface area contributed by atoms with E-state index in [-0.39, 0.29) is 0 Å². The van der Waals surface area contributed by atoms with E-state index in [1.54, 1.807) is 23.5 Å². The van der Waals surface area contributed by atoms with E-state index in [0.717, 1.165) is 9.80 Å². The maximum Gasteiger partial charge on any atom is 0.0907 e. The van der Waals surface area contributed by atoms with Gasteiger partial charge in [-0.25, -0.2) is 0 Å². The van der Waals surface area contributed by atoms with E-state index in [4.69, 9.17) is 0 Å². The maximum atomic E-state index is 10.3. The summed E-state index contributed by atoms with van der Waals surface area (Å²) < 4.78 is 0. The molecule has 2 aromatic rings. The molecule has 1 nitrogen and oxygen atoms in total. The van der Waals surface area contributed by atoms with E-state index < -0.39 is 5.60 Å². The van der Waals surface area contributed by atoms with Crippen LogP contribution in [-0.4, -0.2) is 10.7 Å². The molecule has 0 heterocycles. The number of thioether (sulfide) groups is 2. The smallest absolute Gasteiger partial charge is 0.0907 e. The molecule has 0 radical (unpaired) electrons. The Kier molecular flexibility index (Phi) is 5.35. The first kappa shape index (κ1) is 15.2. The molecule has 2 rings (SSSR count). The predicted molar refractivity (Wildman–Crippen MR) is 89.0 cm³/mol. The van der Waals surface area contributed by atoms with Crippen molar-refractivity contribution in [2.75, 3.05) is 0 Å². The van der Waals surface area contributed by atoms with Crippen LogP contribution in [0.1, 0.15) is 13.8 Å². The van der Waals surface area contributed by atoms with Crippen molar-refractivity contribution in [3.63, 3.8) is 0 Å². The van der Waals surface area contributed by atoms with Crippen molar-refractivity contribution < 1.29 is 5.11 Å². The summed E-state index contributed by atoms with van der Waals surface area (Å²) in [5.41, 5.74) is -0.845. The average molecular weight is 302 g/mol. The first-order valence-electron chi connectivity index (χ1n) is 6.43. The minimum absolute atomic E-state index is 0.845. The van der Waals surface area contributed by atoms with E-state index in [2.05, 4.69) is 24.3 Å². The van der Waals surface area contributed by atoms with Crippen LogP contribution in [0.3, 0.4) is 0 Å². The molecule has 104 valence electrons. The third-order valence-corrected chi connectivity index (χ3v) is 5.01. The lowest BCUT2D eigenvalue weighted by atomic mass is 10.1. The van der Waals surface area contributed by atoms with E-state index >= 15 is 0 Å². The highest BCUT2D eigenvalue weighted by molar-refractivity contribution is 8.06. The Morgan fingerprint density at radius 2 is 1.40 bits per heavy atom. The van der Waals surface area contributed by atoms with Crippen molar-refractivity contribution >= 4 is 23.5 Å². The Morgan fingerprint density at radius 3 is 1.90 bits per heavy atom. The molecule has 0 saturated carbocycles. The molecule has 0 fully saturated rings. The fourth-order valence-electron chi connectivity index (χ4n) is 1.53. The summed E-state index contributed by atoms with van der Waals surface area (Å²) >= 11 is 3.24. The molecule has 1 N–H and O–H groups in total. The van der Waals surface area contributed by atoms with Gasteiger partial charge in [-0.2, -0.15) is 0 Å². The Hall–Kier alpha value is -1.16. The zero-order valence-electron chi connectivity index (χ0n) is 11.6. The first-order chi connectivity index (χ1) is 9.55. The second kappa shape index (κ2) is 7.02. The van der Waals surface area contributed by atoms with Crippen LogP contribution in [0.5, 0.6) is 0 Å². The second-order valence-corrected chi connectivity index (χ2v) is 6.95. The van der Waals surface area contributed by atoms with Crippen molar-refractivity contribution in [2.24, 2.45) is 0 Å². The van der Waals surface area contributed by atoms with Crippen molar-refractivity contribution in [3.05, 3.63) is 71.0 Å². The summed E-state index contributed by atoms with van der Waals surface area (Å²) in [4.78, 5) is 3.25. The summed E-state index contributed by atoms with van der Waals surface area (Å²) in [7, 11) is 0. The third kappa shape index (κ3) is 4.75. The topological polar surface area (TPSA) is 20.2 Å². The molecule has 3 heteroatoms. The van der Waals surface area contributed by atoms with Gasteiger partial charge in [0.1, 0.15) is 0 Å². The Labute approximate surface area is 129 Å². The summed E-state index contributed by atoms with van der Waals surface area (Å²) in [5, 5.41) is 12.3. The highest BCUT2D eigenvalue weighted by Gasteiger charge is 2.20. The molecule has 0 aliphatic rings. The van der Waals surface area contributed by atoms with Crippen molar-refractivity contribution in [1.82, 2.24) is 0 Å². The van der Waals surface area contributed by atoms with Gasteiger partial charge in [0.25, 0.3) is 0 Å². The SMILES string of the molecule is CC(C)(O)C(=CSc1ccccc1)Sc1ccccc1. The lowest BCUT2D eigenvalue weighted by Crippen LogP contribution is -2.19. The van der Waals surface area contributed by atoms with Crippen molar-refractivity contribution in [2.45, 2.75) is 29.2 Å². The molecule has 0 atom stereocenters. The van der Waals surface area contributed by atoms with Crippen LogP contribution in [-0.2, 0) is 0 Å². The molecule has 0 aliphatic heterocycles. The molecule has 0 spiro atoms. The predicted octanol–water partition coefficient (Wildman–Crippen LogP) is 5.18. The highest BCUT2D eigenvalue weighted by Crippen LogP contribution is 2.36. The number of benzene rings is 2. The minimum atomic E-state index is -0.845. The second-order valence-electron chi connectivity index (χ2n) is 4.89. The van der Waals surface area contributed by atoms with Crippen LogP contribution in [0.4, 0.5) is 0 Å². The lowest BCUT2D eigenvalue weighted by molar-refractivity contribution is 0.129.